The third kappa shape index (κ3) is 6.56. The topological polar surface area (TPSA) is 164 Å². The van der Waals surface area contributed by atoms with Crippen LogP contribution in [0.3, 0.4) is 0 Å². The van der Waals surface area contributed by atoms with E-state index in [2.05, 4.69) is 10.1 Å². The van der Waals surface area contributed by atoms with E-state index in [9.17, 15) is 23.7 Å². The first kappa shape index (κ1) is 29.7. The Morgan fingerprint density at radius 3 is 2.53 bits per heavy atom. The lowest BCUT2D eigenvalue weighted by Crippen LogP contribution is -2.45. The molecule has 7 atom stereocenters. The van der Waals surface area contributed by atoms with Crippen LogP contribution >= 0.6 is 7.75 Å². The molecule has 0 bridgehead atoms. The van der Waals surface area contributed by atoms with Crippen molar-refractivity contribution in [1.82, 2.24) is 14.6 Å². The van der Waals surface area contributed by atoms with Crippen LogP contribution in [0.1, 0.15) is 40.8 Å². The van der Waals surface area contributed by atoms with Crippen molar-refractivity contribution in [3.05, 3.63) is 52.8 Å². The van der Waals surface area contributed by atoms with Crippen molar-refractivity contribution in [2.24, 2.45) is 0 Å². The number of benzene rings is 1. The summed E-state index contributed by atoms with van der Waals surface area (Å²) in [5, 5.41) is 13.2. The Balaban J connectivity index is 1.88. The van der Waals surface area contributed by atoms with Crippen molar-refractivity contribution in [3.63, 3.8) is 0 Å². The minimum atomic E-state index is -4.41. The first-order valence-electron chi connectivity index (χ1n) is 11.7. The number of halogens is 2. The Morgan fingerprint density at radius 1 is 1.29 bits per heavy atom. The number of anilines is 1. The largest absolute Gasteiger partial charge is 0.462 e. The zero-order valence-electron chi connectivity index (χ0n) is 21.4. The van der Waals surface area contributed by atoms with Crippen LogP contribution in [-0.4, -0.2) is 56.8 Å². The van der Waals surface area contributed by atoms with E-state index >= 15 is 4.39 Å². The van der Waals surface area contributed by atoms with Gasteiger partial charge in [-0.1, -0.05) is 18.2 Å². The molecule has 1 unspecified atom stereocenters. The molecule has 1 fully saturated rings. The molecule has 2 aromatic rings. The van der Waals surface area contributed by atoms with Crippen molar-refractivity contribution in [1.29, 1.82) is 0 Å². The van der Waals surface area contributed by atoms with Crippen molar-refractivity contribution in [2.45, 2.75) is 77.0 Å². The highest BCUT2D eigenvalue weighted by atomic mass is 31.2. The van der Waals surface area contributed by atoms with Crippen molar-refractivity contribution in [3.8, 4) is 5.75 Å². The Bertz CT molecular complexity index is 1250. The molecule has 0 amide bonds. The van der Waals surface area contributed by atoms with E-state index in [4.69, 9.17) is 24.3 Å². The quantitative estimate of drug-likeness (QED) is 0.289. The summed E-state index contributed by atoms with van der Waals surface area (Å²) in [6.07, 6.45) is -6.45. The van der Waals surface area contributed by atoms with Gasteiger partial charge in [0.15, 0.2) is 23.5 Å². The lowest BCUT2D eigenvalue weighted by Gasteiger charge is -2.29. The van der Waals surface area contributed by atoms with Crippen LogP contribution in [0.4, 0.5) is 14.6 Å². The molecule has 12 nitrogen and oxygen atoms in total. The van der Waals surface area contributed by atoms with E-state index in [1.807, 2.05) is 0 Å². The molecule has 1 aliphatic heterocycles. The summed E-state index contributed by atoms with van der Waals surface area (Å²) in [6, 6.07) is 6.74. The van der Waals surface area contributed by atoms with Gasteiger partial charge in [-0.15, -0.1) is 0 Å². The average molecular weight is 560 g/mol. The summed E-state index contributed by atoms with van der Waals surface area (Å²) in [4.78, 5) is 27.9. The first-order chi connectivity index (χ1) is 17.6. The highest BCUT2D eigenvalue weighted by Gasteiger charge is 2.58. The Hall–Kier alpha value is -2.90. The third-order valence-electron chi connectivity index (χ3n) is 5.64. The smallest absolute Gasteiger partial charge is 0.459 e. The zero-order valence-corrected chi connectivity index (χ0v) is 22.3. The number of nitrogens with two attached hydrogens (primary N) is 1. The summed E-state index contributed by atoms with van der Waals surface area (Å²) < 4.78 is 65.9. The number of ether oxygens (including phenoxy) is 2. The number of hydrogen-bond donors (Lipinski definition) is 3. The molecule has 2 heterocycles. The van der Waals surface area contributed by atoms with E-state index in [1.54, 1.807) is 32.0 Å². The lowest BCUT2D eigenvalue weighted by molar-refractivity contribution is -0.149. The molecular weight excluding hydrogens is 529 g/mol. The molecule has 1 aliphatic rings. The number of nitrogens with zero attached hydrogens (tertiary/aromatic N) is 2. The first-order valence-corrected chi connectivity index (χ1v) is 13.3. The van der Waals surface area contributed by atoms with Crippen LogP contribution < -0.4 is 21.0 Å². The van der Waals surface area contributed by atoms with Gasteiger partial charge < -0.3 is 24.8 Å². The van der Waals surface area contributed by atoms with E-state index < -0.39 is 73.4 Å². The Kier molecular flexibility index (Phi) is 8.94. The molecule has 0 spiro atoms. The minimum Gasteiger partial charge on any atom is -0.462 e. The molecule has 15 heteroatoms. The Morgan fingerprint density at radius 2 is 1.92 bits per heavy atom. The average Bonchev–Trinajstić information content (AvgIpc) is 3.05. The molecule has 0 radical (unpaired) electrons. The number of aromatic nitrogens is 2. The molecule has 1 aromatic heterocycles. The molecule has 38 heavy (non-hydrogen) atoms. The van der Waals surface area contributed by atoms with Crippen molar-refractivity contribution in [2.75, 3.05) is 5.73 Å². The Labute approximate surface area is 217 Å². The van der Waals surface area contributed by atoms with Crippen LogP contribution in [0.5, 0.6) is 5.75 Å². The maximum absolute atomic E-state index is 15.6. The summed E-state index contributed by atoms with van der Waals surface area (Å²) in [6.45, 7) is 6.92. The second-order valence-corrected chi connectivity index (χ2v) is 10.9. The van der Waals surface area contributed by atoms with Gasteiger partial charge in [0, 0.05) is 0 Å². The van der Waals surface area contributed by atoms with Gasteiger partial charge in [0.05, 0.1) is 18.4 Å². The number of hydrogen-bond acceptors (Lipinski definition) is 10. The monoisotopic (exact) mass is 560 g/mol. The van der Waals surface area contributed by atoms with E-state index in [1.165, 1.54) is 26.0 Å². The van der Waals surface area contributed by atoms with Gasteiger partial charge in [0.25, 0.3) is 0 Å². The number of alkyl halides is 1. The summed E-state index contributed by atoms with van der Waals surface area (Å²) in [5.41, 5.74) is 1.54. The van der Waals surface area contributed by atoms with Gasteiger partial charge >= 0.3 is 19.4 Å². The lowest BCUT2D eigenvalue weighted by atomic mass is 9.96. The van der Waals surface area contributed by atoms with Gasteiger partial charge in [-0.3, -0.25) is 13.9 Å². The number of aliphatic hydroxyl groups excluding tert-OH is 1. The number of nitrogen functional groups attached to an aromatic ring is 1. The third-order valence-corrected chi connectivity index (χ3v) is 7.40. The molecular formula is C23H31F2N4O8P. The standard InChI is InChI=1S/C23H31F2N4O8P/c1-12(2)34-20(31)13(3)28-38(33,37-15-9-7-6-8-10-15)36-14(4)17-18(30)23(5,25)21(35-17)29-11-16(24)19(26)27-22(29)32/h6-14,17-18,21,30H,1-5H3,(H,28,33)(H2,26,27,32)/t13-,14+,17+,18?,21+,23+,38-/m0/s1. The maximum atomic E-state index is 15.6. The molecule has 3 rings (SSSR count). The highest BCUT2D eigenvalue weighted by molar-refractivity contribution is 7.52. The van der Waals surface area contributed by atoms with Gasteiger partial charge in [-0.05, 0) is 46.8 Å². The number of nitrogens with one attached hydrogen (secondary N) is 1. The van der Waals surface area contributed by atoms with E-state index in [0.29, 0.717) is 10.8 Å². The number of aliphatic hydroxyl groups is 1. The summed E-state index contributed by atoms with van der Waals surface area (Å²) in [5.74, 6) is -2.40. The molecule has 4 N–H and O–H groups in total. The predicted octanol–water partition coefficient (Wildman–Crippen LogP) is 2.47. The van der Waals surface area contributed by atoms with Gasteiger partial charge in [-0.25, -0.2) is 18.1 Å². The van der Waals surface area contributed by atoms with Crippen LogP contribution in [0, 0.1) is 5.82 Å². The van der Waals surface area contributed by atoms with E-state index in [-0.39, 0.29) is 5.75 Å². The normalized spacial score (nSPS) is 26.5. The van der Waals surface area contributed by atoms with Crippen LogP contribution in [0.25, 0.3) is 0 Å². The number of para-hydroxylation sites is 1. The summed E-state index contributed by atoms with van der Waals surface area (Å²) >= 11 is 0. The minimum absolute atomic E-state index is 0.121. The SMILES string of the molecule is CC(C)OC(=O)[C@H](C)N[P@@](=O)(Oc1ccccc1)O[C@H](C)[C@H]1O[C@@H](n2cc(F)c(N)nc2=O)[C@](C)(F)C1O. The van der Waals surface area contributed by atoms with Crippen LogP contribution in [0.2, 0.25) is 0 Å². The molecule has 0 aliphatic carbocycles. The second kappa shape index (κ2) is 11.5. The zero-order chi connectivity index (χ0) is 28.4. The van der Waals surface area contributed by atoms with Gasteiger partial charge in [-0.2, -0.15) is 10.1 Å². The highest BCUT2D eigenvalue weighted by Crippen LogP contribution is 2.49. The van der Waals surface area contributed by atoms with Crippen LogP contribution in [0.15, 0.2) is 41.3 Å². The van der Waals surface area contributed by atoms with Crippen LogP contribution in [-0.2, 0) is 23.4 Å². The fourth-order valence-corrected chi connectivity index (χ4v) is 5.45. The van der Waals surface area contributed by atoms with Crippen molar-refractivity contribution < 1.29 is 41.8 Å². The fourth-order valence-electron chi connectivity index (χ4n) is 3.76. The number of carbonyl (C=O) groups excluding carboxylic acids is 1. The second-order valence-electron chi connectivity index (χ2n) is 9.26. The maximum Gasteiger partial charge on any atom is 0.459 e. The van der Waals surface area contributed by atoms with Gasteiger partial charge in [0.1, 0.15) is 24.0 Å². The van der Waals surface area contributed by atoms with Gasteiger partial charge in [0.2, 0.25) is 0 Å². The predicted molar refractivity (Wildman–Crippen MR) is 131 cm³/mol. The van der Waals surface area contributed by atoms with E-state index in [0.717, 1.165) is 6.92 Å². The molecule has 1 aromatic carbocycles. The molecule has 0 saturated carbocycles. The molecule has 210 valence electrons. The molecule has 1 saturated heterocycles. The fraction of sp³-hybridized carbons (Fsp3) is 0.522. The summed E-state index contributed by atoms with van der Waals surface area (Å²) in [7, 11) is -4.41. The number of carbonyl (C=O) groups is 1. The number of rotatable bonds is 10. The van der Waals surface area contributed by atoms with Crippen molar-refractivity contribution >= 4 is 19.5 Å². The number of esters is 1.